The number of hydrogen-bond acceptors (Lipinski definition) is 1. The van der Waals surface area contributed by atoms with Gasteiger partial charge in [-0.2, -0.15) is 5.26 Å². The van der Waals surface area contributed by atoms with Crippen LogP contribution in [0.2, 0.25) is 0 Å². The third-order valence-electron chi connectivity index (χ3n) is 0.928. The molecule has 1 nitrogen and oxygen atoms in total. The highest BCUT2D eigenvalue weighted by Crippen LogP contribution is 1.91. The Balaban J connectivity index is 3.12. The molecule has 0 spiro atoms. The summed E-state index contributed by atoms with van der Waals surface area (Å²) in [4.78, 5) is 0. The van der Waals surface area contributed by atoms with Crippen molar-refractivity contribution >= 4 is 0 Å². The molecule has 0 saturated carbocycles. The summed E-state index contributed by atoms with van der Waals surface area (Å²) in [7, 11) is 0. The minimum atomic E-state index is 0.970. The minimum Gasteiger partial charge on any atom is -0.193 e. The summed E-state index contributed by atoms with van der Waals surface area (Å²) in [5.74, 6) is 0. The van der Waals surface area contributed by atoms with Crippen LogP contribution in [0.25, 0.3) is 0 Å². The summed E-state index contributed by atoms with van der Waals surface area (Å²) in [6.07, 6.45) is 9.50. The van der Waals surface area contributed by atoms with E-state index in [4.69, 9.17) is 5.26 Å². The summed E-state index contributed by atoms with van der Waals surface area (Å²) >= 11 is 0. The molecule has 48 valence electrons. The fourth-order valence-corrected chi connectivity index (χ4v) is 0.495. The molecule has 0 fully saturated rings. The van der Waals surface area contributed by atoms with Crippen LogP contribution < -0.4 is 0 Å². The molecule has 0 radical (unpaired) electrons. The van der Waals surface area contributed by atoms with Crippen LogP contribution in [0.5, 0.6) is 0 Å². The van der Waals surface area contributed by atoms with Gasteiger partial charge in [0.05, 0.1) is 6.07 Å². The maximum atomic E-state index is 8.07. The van der Waals surface area contributed by atoms with Crippen molar-refractivity contribution in [1.82, 2.24) is 0 Å². The summed E-state index contributed by atoms with van der Waals surface area (Å²) in [5, 5.41) is 8.07. The average molecular weight is 121 g/mol. The molecular formula is C8H11N. The lowest BCUT2D eigenvalue weighted by molar-refractivity contribution is 1.05. The van der Waals surface area contributed by atoms with Crippen LogP contribution >= 0.6 is 0 Å². The van der Waals surface area contributed by atoms with Crippen molar-refractivity contribution in [2.45, 2.75) is 19.8 Å². The molecule has 0 unspecified atom stereocenters. The molecule has 0 aliphatic carbocycles. The standard InChI is InChI=1S/C8H11N/c1-2-3-4-5-6-7-8-9/h2-3,6-7H,4-5H2,1H3/b3-2-,7-6+. The molecule has 0 bridgehead atoms. The second kappa shape index (κ2) is 6.97. The molecule has 0 saturated heterocycles. The lowest BCUT2D eigenvalue weighted by Crippen LogP contribution is -1.61. The van der Waals surface area contributed by atoms with E-state index in [2.05, 4.69) is 6.08 Å². The largest absolute Gasteiger partial charge is 0.193 e. The van der Waals surface area contributed by atoms with E-state index in [1.807, 2.05) is 25.1 Å². The second-order valence-corrected chi connectivity index (χ2v) is 1.68. The molecule has 0 rings (SSSR count). The van der Waals surface area contributed by atoms with Crippen molar-refractivity contribution in [2.24, 2.45) is 0 Å². The Morgan fingerprint density at radius 1 is 1.33 bits per heavy atom. The van der Waals surface area contributed by atoms with Crippen LogP contribution in [0.15, 0.2) is 24.3 Å². The fraction of sp³-hybridized carbons (Fsp3) is 0.375. The summed E-state index contributed by atoms with van der Waals surface area (Å²) in [6, 6.07) is 1.94. The predicted molar refractivity (Wildman–Crippen MR) is 38.8 cm³/mol. The summed E-state index contributed by atoms with van der Waals surface area (Å²) in [6.45, 7) is 1.99. The smallest absolute Gasteiger partial charge is 0.0908 e. The van der Waals surface area contributed by atoms with Crippen LogP contribution in [0.1, 0.15) is 19.8 Å². The van der Waals surface area contributed by atoms with Gasteiger partial charge in [-0.3, -0.25) is 0 Å². The highest BCUT2D eigenvalue weighted by atomic mass is 14.2. The fourth-order valence-electron chi connectivity index (χ4n) is 0.495. The predicted octanol–water partition coefficient (Wildman–Crippen LogP) is 2.42. The lowest BCUT2D eigenvalue weighted by atomic mass is 10.3. The molecule has 1 heteroatoms. The molecule has 0 aromatic rings. The minimum absolute atomic E-state index is 0.970. The van der Waals surface area contributed by atoms with Gasteiger partial charge in [0.1, 0.15) is 0 Å². The maximum Gasteiger partial charge on any atom is 0.0908 e. The Hall–Kier alpha value is -1.03. The van der Waals surface area contributed by atoms with E-state index in [1.165, 1.54) is 6.08 Å². The Labute approximate surface area is 56.3 Å². The quantitative estimate of drug-likeness (QED) is 0.319. The van der Waals surface area contributed by atoms with Crippen LogP contribution in [-0.2, 0) is 0 Å². The highest BCUT2D eigenvalue weighted by Gasteiger charge is 1.72. The first kappa shape index (κ1) is 7.97. The number of nitrogens with zero attached hydrogens (tertiary/aromatic N) is 1. The first-order valence-corrected chi connectivity index (χ1v) is 3.07. The Morgan fingerprint density at radius 2 is 2.00 bits per heavy atom. The van der Waals surface area contributed by atoms with Gasteiger partial charge in [-0.15, -0.1) is 0 Å². The van der Waals surface area contributed by atoms with Gasteiger partial charge in [0.25, 0.3) is 0 Å². The molecule has 0 aliphatic rings. The zero-order chi connectivity index (χ0) is 6.95. The maximum absolute atomic E-state index is 8.07. The van der Waals surface area contributed by atoms with Crippen LogP contribution in [0.4, 0.5) is 0 Å². The zero-order valence-corrected chi connectivity index (χ0v) is 5.67. The van der Waals surface area contributed by atoms with Crippen LogP contribution in [0.3, 0.4) is 0 Å². The third-order valence-corrected chi connectivity index (χ3v) is 0.928. The topological polar surface area (TPSA) is 23.8 Å². The van der Waals surface area contributed by atoms with Crippen molar-refractivity contribution in [2.75, 3.05) is 0 Å². The van der Waals surface area contributed by atoms with E-state index in [-0.39, 0.29) is 0 Å². The number of rotatable bonds is 3. The van der Waals surface area contributed by atoms with Gasteiger partial charge in [-0.25, -0.2) is 0 Å². The Kier molecular flexibility index (Phi) is 6.17. The normalized spacial score (nSPS) is 10.7. The van der Waals surface area contributed by atoms with Gasteiger partial charge < -0.3 is 0 Å². The average Bonchev–Trinajstić information content (AvgIpc) is 1.89. The van der Waals surface area contributed by atoms with E-state index in [0.29, 0.717) is 0 Å². The second-order valence-electron chi connectivity index (χ2n) is 1.68. The van der Waals surface area contributed by atoms with E-state index in [9.17, 15) is 0 Å². The van der Waals surface area contributed by atoms with Crippen molar-refractivity contribution in [1.29, 1.82) is 5.26 Å². The number of allylic oxidation sites excluding steroid dienone is 4. The molecule has 0 N–H and O–H groups in total. The first-order valence-electron chi connectivity index (χ1n) is 3.07. The van der Waals surface area contributed by atoms with Crippen molar-refractivity contribution in [3.63, 3.8) is 0 Å². The van der Waals surface area contributed by atoms with Gasteiger partial charge in [0.15, 0.2) is 0 Å². The SMILES string of the molecule is C/C=C\CC/C=C/C#N. The molecule has 0 amide bonds. The van der Waals surface area contributed by atoms with Crippen molar-refractivity contribution in [3.8, 4) is 6.07 Å². The molecule has 0 aliphatic heterocycles. The van der Waals surface area contributed by atoms with E-state index in [0.717, 1.165) is 12.8 Å². The summed E-state index contributed by atoms with van der Waals surface area (Å²) in [5.41, 5.74) is 0. The first-order chi connectivity index (χ1) is 4.41. The van der Waals surface area contributed by atoms with Crippen molar-refractivity contribution in [3.05, 3.63) is 24.3 Å². The monoisotopic (exact) mass is 121 g/mol. The van der Waals surface area contributed by atoms with Gasteiger partial charge in [0, 0.05) is 6.08 Å². The Bertz CT molecular complexity index is 137. The summed E-state index contributed by atoms with van der Waals surface area (Å²) < 4.78 is 0. The van der Waals surface area contributed by atoms with Gasteiger partial charge in [-0.05, 0) is 19.8 Å². The number of nitriles is 1. The van der Waals surface area contributed by atoms with E-state index in [1.54, 1.807) is 0 Å². The highest BCUT2D eigenvalue weighted by molar-refractivity contribution is 5.01. The van der Waals surface area contributed by atoms with Gasteiger partial charge >= 0.3 is 0 Å². The van der Waals surface area contributed by atoms with Gasteiger partial charge in [0.2, 0.25) is 0 Å². The number of hydrogen-bond donors (Lipinski definition) is 0. The zero-order valence-electron chi connectivity index (χ0n) is 5.67. The molecule has 0 heterocycles. The molecule has 0 aromatic heterocycles. The molecule has 9 heavy (non-hydrogen) atoms. The molecule has 0 aromatic carbocycles. The molecular weight excluding hydrogens is 110 g/mol. The van der Waals surface area contributed by atoms with E-state index >= 15 is 0 Å². The van der Waals surface area contributed by atoms with Crippen LogP contribution in [0, 0.1) is 11.3 Å². The third kappa shape index (κ3) is 6.97. The van der Waals surface area contributed by atoms with Crippen molar-refractivity contribution < 1.29 is 0 Å². The Morgan fingerprint density at radius 3 is 2.56 bits per heavy atom. The van der Waals surface area contributed by atoms with Gasteiger partial charge in [-0.1, -0.05) is 18.2 Å². The number of unbranched alkanes of at least 4 members (excludes halogenated alkanes) is 1. The van der Waals surface area contributed by atoms with Crippen LogP contribution in [-0.4, -0.2) is 0 Å². The van der Waals surface area contributed by atoms with E-state index < -0.39 is 0 Å². The lowest BCUT2D eigenvalue weighted by Gasteiger charge is -1.80. The molecule has 0 atom stereocenters.